The van der Waals surface area contributed by atoms with Crippen molar-refractivity contribution < 1.29 is 4.79 Å². The van der Waals surface area contributed by atoms with Crippen LogP contribution in [0.15, 0.2) is 12.2 Å². The Labute approximate surface area is 48.4 Å². The second-order valence-corrected chi connectivity index (χ2v) is 2.69. The summed E-state index contributed by atoms with van der Waals surface area (Å²) in [4.78, 5) is 10.7. The fraction of sp³-hybridized carbons (Fsp3) is 0.571. The van der Waals surface area contributed by atoms with Gasteiger partial charge in [-0.25, -0.2) is 0 Å². The van der Waals surface area contributed by atoms with Crippen LogP contribution >= 0.6 is 0 Å². The molecular weight excluding hydrogens is 100 g/mol. The van der Waals surface area contributed by atoms with Gasteiger partial charge in [-0.15, -0.1) is 0 Å². The van der Waals surface area contributed by atoms with Crippen LogP contribution < -0.4 is 0 Å². The number of carbonyl (C=O) groups excluding carboxylic acids is 1. The van der Waals surface area contributed by atoms with E-state index in [9.17, 15) is 4.79 Å². The molecule has 1 nitrogen and oxygen atoms in total. The Balaban J connectivity index is 2.30. The molecule has 42 valence electrons. The SMILES string of the molecule is O=C1C=CC2CC1C2. The Morgan fingerprint density at radius 2 is 2.25 bits per heavy atom. The summed E-state index contributed by atoms with van der Waals surface area (Å²) in [5.41, 5.74) is 0. The third kappa shape index (κ3) is 0.391. The molecule has 1 fully saturated rings. The first-order valence-corrected chi connectivity index (χ1v) is 3.08. The van der Waals surface area contributed by atoms with Gasteiger partial charge in [-0.2, -0.15) is 0 Å². The summed E-state index contributed by atoms with van der Waals surface area (Å²) in [7, 11) is 0. The molecule has 0 aromatic heterocycles. The quantitative estimate of drug-likeness (QED) is 0.455. The van der Waals surface area contributed by atoms with Crippen LogP contribution in [0.3, 0.4) is 0 Å². The fourth-order valence-electron chi connectivity index (χ4n) is 1.42. The molecule has 1 saturated carbocycles. The maximum atomic E-state index is 10.7. The van der Waals surface area contributed by atoms with Gasteiger partial charge in [-0.1, -0.05) is 6.08 Å². The summed E-state index contributed by atoms with van der Waals surface area (Å²) in [5.74, 6) is 1.54. The van der Waals surface area contributed by atoms with Crippen molar-refractivity contribution in [3.8, 4) is 0 Å². The second kappa shape index (κ2) is 1.22. The average molecular weight is 108 g/mol. The highest BCUT2D eigenvalue weighted by atomic mass is 16.1. The molecule has 0 spiro atoms. The van der Waals surface area contributed by atoms with Gasteiger partial charge in [0.1, 0.15) is 0 Å². The van der Waals surface area contributed by atoms with E-state index in [1.807, 2.05) is 6.08 Å². The van der Waals surface area contributed by atoms with Crippen LogP contribution in [0, 0.1) is 11.8 Å². The number of fused-ring (bicyclic) bond motifs is 1. The van der Waals surface area contributed by atoms with Gasteiger partial charge in [-0.3, -0.25) is 4.79 Å². The summed E-state index contributed by atoms with van der Waals surface area (Å²) in [6, 6.07) is 0. The minimum absolute atomic E-state index is 0.354. The minimum Gasteiger partial charge on any atom is -0.295 e. The summed E-state index contributed by atoms with van der Waals surface area (Å²) in [6.45, 7) is 0. The average Bonchev–Trinajstić information content (AvgIpc) is 1.62. The molecule has 3 aliphatic carbocycles. The lowest BCUT2D eigenvalue weighted by Gasteiger charge is -2.34. The monoisotopic (exact) mass is 108 g/mol. The van der Waals surface area contributed by atoms with E-state index in [1.165, 1.54) is 0 Å². The summed E-state index contributed by atoms with van der Waals surface area (Å²) in [5, 5.41) is 0. The third-order valence-electron chi connectivity index (χ3n) is 2.11. The second-order valence-electron chi connectivity index (χ2n) is 2.69. The predicted molar refractivity (Wildman–Crippen MR) is 30.4 cm³/mol. The van der Waals surface area contributed by atoms with E-state index in [0.29, 0.717) is 11.7 Å². The summed E-state index contributed by atoms with van der Waals surface area (Å²) in [6.07, 6.45) is 6.05. The largest absolute Gasteiger partial charge is 0.295 e. The van der Waals surface area contributed by atoms with Crippen LogP contribution in [0.1, 0.15) is 12.8 Å². The van der Waals surface area contributed by atoms with Crippen molar-refractivity contribution in [2.45, 2.75) is 12.8 Å². The smallest absolute Gasteiger partial charge is 0.158 e. The Morgan fingerprint density at radius 3 is 2.50 bits per heavy atom. The Hall–Kier alpha value is -0.590. The van der Waals surface area contributed by atoms with Crippen molar-refractivity contribution in [3.05, 3.63) is 12.2 Å². The molecule has 0 unspecified atom stereocenters. The fourth-order valence-corrected chi connectivity index (χ4v) is 1.42. The number of ketones is 1. The van der Waals surface area contributed by atoms with Crippen molar-refractivity contribution in [3.63, 3.8) is 0 Å². The number of hydrogen-bond acceptors (Lipinski definition) is 1. The lowest BCUT2D eigenvalue weighted by molar-refractivity contribution is -0.122. The zero-order valence-electron chi connectivity index (χ0n) is 4.63. The third-order valence-corrected chi connectivity index (χ3v) is 2.11. The molecule has 1 heteroatoms. The zero-order chi connectivity index (χ0) is 5.56. The van der Waals surface area contributed by atoms with E-state index in [4.69, 9.17) is 0 Å². The highest BCUT2D eigenvalue weighted by molar-refractivity contribution is 5.93. The normalized spacial score (nSPS) is 41.8. The Morgan fingerprint density at radius 1 is 1.50 bits per heavy atom. The molecule has 3 rings (SSSR count). The molecule has 0 aromatic carbocycles. The standard InChI is InChI=1S/C7H8O/c8-7-2-1-5-3-6(7)4-5/h1-2,5-6H,3-4H2. The van der Waals surface area contributed by atoms with Crippen LogP contribution in [0.4, 0.5) is 0 Å². The van der Waals surface area contributed by atoms with Crippen molar-refractivity contribution in [1.29, 1.82) is 0 Å². The van der Waals surface area contributed by atoms with E-state index in [2.05, 4.69) is 0 Å². The molecule has 0 N–H and O–H groups in total. The molecule has 3 aliphatic rings. The van der Waals surface area contributed by atoms with Gasteiger partial charge in [0.25, 0.3) is 0 Å². The number of hydrogen-bond donors (Lipinski definition) is 0. The molecule has 8 heavy (non-hydrogen) atoms. The Kier molecular flexibility index (Phi) is 0.655. The van der Waals surface area contributed by atoms with Gasteiger partial charge in [0.2, 0.25) is 0 Å². The first-order chi connectivity index (χ1) is 3.86. The summed E-state index contributed by atoms with van der Waals surface area (Å²) >= 11 is 0. The predicted octanol–water partition coefficient (Wildman–Crippen LogP) is 1.15. The summed E-state index contributed by atoms with van der Waals surface area (Å²) < 4.78 is 0. The number of rotatable bonds is 0. The van der Waals surface area contributed by atoms with Gasteiger partial charge in [-0.05, 0) is 24.8 Å². The van der Waals surface area contributed by atoms with Crippen molar-refractivity contribution in [2.24, 2.45) is 11.8 Å². The number of allylic oxidation sites excluding steroid dienone is 2. The van der Waals surface area contributed by atoms with E-state index in [0.717, 1.165) is 18.8 Å². The van der Waals surface area contributed by atoms with Gasteiger partial charge >= 0.3 is 0 Å². The van der Waals surface area contributed by atoms with E-state index >= 15 is 0 Å². The maximum Gasteiger partial charge on any atom is 0.158 e. The maximum absolute atomic E-state index is 10.7. The van der Waals surface area contributed by atoms with Crippen LogP contribution in [0.25, 0.3) is 0 Å². The van der Waals surface area contributed by atoms with Crippen LogP contribution in [-0.4, -0.2) is 5.78 Å². The van der Waals surface area contributed by atoms with Crippen LogP contribution in [-0.2, 0) is 4.79 Å². The van der Waals surface area contributed by atoms with Gasteiger partial charge in [0.05, 0.1) is 0 Å². The van der Waals surface area contributed by atoms with Crippen molar-refractivity contribution in [1.82, 2.24) is 0 Å². The first kappa shape index (κ1) is 4.30. The van der Waals surface area contributed by atoms with Gasteiger partial charge in [0, 0.05) is 5.92 Å². The molecule has 0 heterocycles. The van der Waals surface area contributed by atoms with Gasteiger partial charge < -0.3 is 0 Å². The molecule has 0 saturated heterocycles. The lowest BCUT2D eigenvalue weighted by atomic mass is 9.69. The molecule has 0 aromatic rings. The minimum atomic E-state index is 0.354. The first-order valence-electron chi connectivity index (χ1n) is 3.08. The molecule has 0 atom stereocenters. The molecular formula is C7H8O. The molecule has 0 radical (unpaired) electrons. The van der Waals surface area contributed by atoms with E-state index < -0.39 is 0 Å². The molecule has 0 aliphatic heterocycles. The molecule has 0 amide bonds. The lowest BCUT2D eigenvalue weighted by Crippen LogP contribution is -2.32. The van der Waals surface area contributed by atoms with Gasteiger partial charge in [0.15, 0.2) is 5.78 Å². The van der Waals surface area contributed by atoms with Crippen LogP contribution in [0.2, 0.25) is 0 Å². The van der Waals surface area contributed by atoms with E-state index in [1.54, 1.807) is 6.08 Å². The highest BCUT2D eigenvalue weighted by Crippen LogP contribution is 2.38. The molecule has 2 bridgehead atoms. The van der Waals surface area contributed by atoms with E-state index in [-0.39, 0.29) is 0 Å². The van der Waals surface area contributed by atoms with Crippen molar-refractivity contribution in [2.75, 3.05) is 0 Å². The highest BCUT2D eigenvalue weighted by Gasteiger charge is 2.34. The van der Waals surface area contributed by atoms with Crippen molar-refractivity contribution >= 4 is 5.78 Å². The number of carbonyl (C=O) groups is 1. The topological polar surface area (TPSA) is 17.1 Å². The van der Waals surface area contributed by atoms with Crippen LogP contribution in [0.5, 0.6) is 0 Å². The zero-order valence-corrected chi connectivity index (χ0v) is 4.63. The Bertz CT molecular complexity index is 152.